The Kier molecular flexibility index (Phi) is 6.96. The lowest BCUT2D eigenvalue weighted by Crippen LogP contribution is -2.48. The van der Waals surface area contributed by atoms with E-state index in [9.17, 15) is 9.59 Å². The summed E-state index contributed by atoms with van der Waals surface area (Å²) in [7, 11) is 0. The normalized spacial score (nSPS) is 19.7. The highest BCUT2D eigenvalue weighted by atomic mass is 35.5. The minimum absolute atomic E-state index is 0.0892. The van der Waals surface area contributed by atoms with E-state index in [4.69, 9.17) is 17.3 Å². The lowest BCUT2D eigenvalue weighted by atomic mass is 9.88. The van der Waals surface area contributed by atoms with Gasteiger partial charge in [0.25, 0.3) is 5.91 Å². The molecule has 8 heteroatoms. The maximum Gasteiger partial charge on any atom is 0.251 e. The fourth-order valence-corrected chi connectivity index (χ4v) is 6.07. The molecule has 1 aromatic heterocycles. The molecular formula is C23H29ClN4O2S. The van der Waals surface area contributed by atoms with Crippen LogP contribution in [0.25, 0.3) is 0 Å². The number of hydrogen-bond acceptors (Lipinski definition) is 5. The molecule has 1 aliphatic carbocycles. The monoisotopic (exact) mass is 460 g/mol. The van der Waals surface area contributed by atoms with Crippen LogP contribution in [-0.4, -0.2) is 54.3 Å². The highest BCUT2D eigenvalue weighted by Crippen LogP contribution is 2.39. The van der Waals surface area contributed by atoms with E-state index in [-0.39, 0.29) is 5.91 Å². The van der Waals surface area contributed by atoms with Gasteiger partial charge in [0.05, 0.1) is 12.1 Å². The molecule has 1 fully saturated rings. The zero-order valence-corrected chi connectivity index (χ0v) is 19.4. The predicted molar refractivity (Wildman–Crippen MR) is 126 cm³/mol. The summed E-state index contributed by atoms with van der Waals surface area (Å²) in [5, 5.41) is 4.39. The molecule has 0 bridgehead atoms. The number of anilines is 1. The van der Waals surface area contributed by atoms with Gasteiger partial charge in [-0.15, -0.1) is 11.3 Å². The van der Waals surface area contributed by atoms with Crippen LogP contribution in [-0.2, 0) is 24.2 Å². The van der Waals surface area contributed by atoms with E-state index in [0.717, 1.165) is 68.1 Å². The van der Waals surface area contributed by atoms with Gasteiger partial charge in [0.1, 0.15) is 5.00 Å². The van der Waals surface area contributed by atoms with Crippen molar-refractivity contribution >= 4 is 39.8 Å². The van der Waals surface area contributed by atoms with Crippen molar-refractivity contribution in [3.63, 3.8) is 0 Å². The van der Waals surface area contributed by atoms with Crippen molar-refractivity contribution in [2.75, 3.05) is 38.0 Å². The molecule has 3 N–H and O–H groups in total. The van der Waals surface area contributed by atoms with E-state index >= 15 is 0 Å². The number of hydrogen-bond donors (Lipinski definition) is 2. The van der Waals surface area contributed by atoms with Crippen molar-refractivity contribution in [2.24, 2.45) is 11.7 Å². The molecular weight excluding hydrogens is 432 g/mol. The van der Waals surface area contributed by atoms with Crippen LogP contribution in [0.5, 0.6) is 0 Å². The minimum atomic E-state index is -0.449. The summed E-state index contributed by atoms with van der Waals surface area (Å²) in [6.07, 6.45) is 2.86. The van der Waals surface area contributed by atoms with Gasteiger partial charge in [-0.1, -0.05) is 36.7 Å². The molecule has 1 aromatic carbocycles. The number of halogens is 1. The summed E-state index contributed by atoms with van der Waals surface area (Å²) in [6.45, 7) is 6.76. The van der Waals surface area contributed by atoms with Crippen molar-refractivity contribution in [2.45, 2.75) is 32.7 Å². The highest BCUT2D eigenvalue weighted by Gasteiger charge is 2.28. The molecule has 0 saturated carbocycles. The molecule has 1 aliphatic heterocycles. The maximum atomic E-state index is 12.7. The first-order valence-corrected chi connectivity index (χ1v) is 12.0. The van der Waals surface area contributed by atoms with E-state index in [1.807, 2.05) is 18.2 Å². The fraction of sp³-hybridized carbons (Fsp3) is 0.478. The number of piperazine rings is 1. The summed E-state index contributed by atoms with van der Waals surface area (Å²) in [5.74, 6) is 0.0572. The van der Waals surface area contributed by atoms with Crippen molar-refractivity contribution in [1.82, 2.24) is 9.80 Å². The lowest BCUT2D eigenvalue weighted by Gasteiger charge is -2.34. The van der Waals surface area contributed by atoms with Gasteiger partial charge < -0.3 is 11.1 Å². The number of carbonyl (C=O) groups excluding carboxylic acids is 2. The SMILES string of the molecule is CC1CCc2c(sc(NC(=O)CN3CCN(Cc4ccccc4Cl)CC3)c2C(N)=O)C1. The van der Waals surface area contributed by atoms with Crippen molar-refractivity contribution in [3.8, 4) is 0 Å². The number of benzene rings is 1. The van der Waals surface area contributed by atoms with Gasteiger partial charge in [-0.25, -0.2) is 0 Å². The standard InChI is InChI=1S/C23H29ClN4O2S/c1-15-6-7-17-19(12-15)31-23(21(17)22(25)30)26-20(29)14-28-10-8-27(9-11-28)13-16-4-2-3-5-18(16)24/h2-5,15H,6-14H2,1H3,(H2,25,30)(H,26,29). The Morgan fingerprint density at radius 2 is 1.90 bits per heavy atom. The first-order chi connectivity index (χ1) is 14.9. The Balaban J connectivity index is 1.32. The Morgan fingerprint density at radius 1 is 1.19 bits per heavy atom. The summed E-state index contributed by atoms with van der Waals surface area (Å²) in [5.41, 5.74) is 8.35. The number of nitrogens with zero attached hydrogens (tertiary/aromatic N) is 2. The molecule has 1 atom stereocenters. The van der Waals surface area contributed by atoms with E-state index in [1.165, 1.54) is 16.2 Å². The zero-order valence-electron chi connectivity index (χ0n) is 17.8. The van der Waals surface area contributed by atoms with Crippen LogP contribution in [0.15, 0.2) is 24.3 Å². The number of carbonyl (C=O) groups is 2. The molecule has 2 amide bonds. The molecule has 6 nitrogen and oxygen atoms in total. The molecule has 1 saturated heterocycles. The first kappa shape index (κ1) is 22.3. The average Bonchev–Trinajstić information content (AvgIpc) is 3.08. The van der Waals surface area contributed by atoms with Crippen molar-refractivity contribution in [1.29, 1.82) is 0 Å². The minimum Gasteiger partial charge on any atom is -0.365 e. The van der Waals surface area contributed by atoms with E-state index < -0.39 is 5.91 Å². The molecule has 4 rings (SSSR count). The number of rotatable bonds is 6. The van der Waals surface area contributed by atoms with Gasteiger partial charge in [-0.2, -0.15) is 0 Å². The predicted octanol–water partition coefficient (Wildman–Crippen LogP) is 3.38. The molecule has 0 spiro atoms. The van der Waals surface area contributed by atoms with Crippen LogP contribution in [0.4, 0.5) is 5.00 Å². The molecule has 166 valence electrons. The zero-order chi connectivity index (χ0) is 22.0. The van der Waals surface area contributed by atoms with Crippen molar-refractivity contribution in [3.05, 3.63) is 50.9 Å². The Hall–Kier alpha value is -1.93. The highest BCUT2D eigenvalue weighted by molar-refractivity contribution is 7.17. The summed E-state index contributed by atoms with van der Waals surface area (Å²) < 4.78 is 0. The number of amides is 2. The lowest BCUT2D eigenvalue weighted by molar-refractivity contribution is -0.117. The summed E-state index contributed by atoms with van der Waals surface area (Å²) in [6, 6.07) is 7.92. The van der Waals surface area contributed by atoms with E-state index in [0.29, 0.717) is 23.0 Å². The van der Waals surface area contributed by atoms with E-state index in [2.05, 4.69) is 28.1 Å². The van der Waals surface area contributed by atoms with Crippen LogP contribution < -0.4 is 11.1 Å². The van der Waals surface area contributed by atoms with Crippen LogP contribution in [0, 0.1) is 5.92 Å². The molecule has 1 unspecified atom stereocenters. The average molecular weight is 461 g/mol. The van der Waals surface area contributed by atoms with Crippen LogP contribution >= 0.6 is 22.9 Å². The third kappa shape index (κ3) is 5.29. The first-order valence-electron chi connectivity index (χ1n) is 10.8. The number of nitrogens with one attached hydrogen (secondary N) is 1. The number of primary amides is 1. The molecule has 31 heavy (non-hydrogen) atoms. The Labute approximate surface area is 192 Å². The van der Waals surface area contributed by atoms with Gasteiger partial charge in [0, 0.05) is 42.6 Å². The van der Waals surface area contributed by atoms with Gasteiger partial charge in [-0.3, -0.25) is 19.4 Å². The summed E-state index contributed by atoms with van der Waals surface area (Å²) >= 11 is 7.79. The molecule has 2 heterocycles. The van der Waals surface area contributed by atoms with Crippen molar-refractivity contribution < 1.29 is 9.59 Å². The number of thiophene rings is 1. The second kappa shape index (κ2) is 9.69. The Morgan fingerprint density at radius 3 is 2.61 bits per heavy atom. The maximum absolute atomic E-state index is 12.7. The topological polar surface area (TPSA) is 78.7 Å². The van der Waals surface area contributed by atoms with E-state index in [1.54, 1.807) is 0 Å². The number of nitrogens with two attached hydrogens (primary N) is 1. The summed E-state index contributed by atoms with van der Waals surface area (Å²) in [4.78, 5) is 30.5. The van der Waals surface area contributed by atoms with Crippen LogP contribution in [0.1, 0.15) is 39.7 Å². The van der Waals surface area contributed by atoms with Crippen LogP contribution in [0.3, 0.4) is 0 Å². The third-order valence-corrected chi connectivity index (χ3v) is 7.73. The number of fused-ring (bicyclic) bond motifs is 1. The molecule has 2 aliphatic rings. The second-order valence-corrected chi connectivity index (χ2v) is 10.1. The van der Waals surface area contributed by atoms with Gasteiger partial charge in [-0.05, 0) is 42.4 Å². The van der Waals surface area contributed by atoms with Crippen LogP contribution in [0.2, 0.25) is 5.02 Å². The second-order valence-electron chi connectivity index (χ2n) is 8.61. The molecule has 2 aromatic rings. The largest absolute Gasteiger partial charge is 0.365 e. The third-order valence-electron chi connectivity index (χ3n) is 6.19. The van der Waals surface area contributed by atoms with Gasteiger partial charge >= 0.3 is 0 Å². The van der Waals surface area contributed by atoms with Gasteiger partial charge in [0.15, 0.2) is 0 Å². The fourth-order valence-electron chi connectivity index (χ4n) is 4.44. The quantitative estimate of drug-likeness (QED) is 0.692. The Bertz CT molecular complexity index is 968. The molecule has 0 radical (unpaired) electrons. The smallest absolute Gasteiger partial charge is 0.251 e. The van der Waals surface area contributed by atoms with Gasteiger partial charge in [0.2, 0.25) is 5.91 Å².